The molecule has 1 aromatic carbocycles. The molecule has 0 aliphatic heterocycles. The Morgan fingerprint density at radius 3 is 2.74 bits per heavy atom. The molecule has 2 rings (SSSR count). The van der Waals surface area contributed by atoms with Crippen LogP contribution in [0.4, 0.5) is 5.69 Å². The zero-order chi connectivity index (χ0) is 14.2. The molecule has 1 saturated carbocycles. The number of nitrogens with one attached hydrogen (secondary N) is 1. The number of halogens is 1. The standard InChI is InChI=1S/C13H17BrN2O3/c1-13(2)11(6-12(13)17)15-7-8-3-4-9(16(18)19)5-10(8)14/h3-5,11-12,15,17H,6-7H2,1-2H3. The number of aliphatic hydroxyl groups is 1. The first-order valence-electron chi connectivity index (χ1n) is 6.16. The molecule has 0 amide bonds. The third-order valence-electron chi connectivity index (χ3n) is 4.00. The summed E-state index contributed by atoms with van der Waals surface area (Å²) in [7, 11) is 0. The van der Waals surface area contributed by atoms with E-state index >= 15 is 0 Å². The van der Waals surface area contributed by atoms with Crippen molar-refractivity contribution in [3.63, 3.8) is 0 Å². The van der Waals surface area contributed by atoms with E-state index in [9.17, 15) is 15.2 Å². The smallest absolute Gasteiger partial charge is 0.270 e. The number of rotatable bonds is 4. The lowest BCUT2D eigenvalue weighted by Crippen LogP contribution is -2.59. The second-order valence-corrected chi connectivity index (χ2v) is 6.39. The van der Waals surface area contributed by atoms with E-state index in [0.29, 0.717) is 6.54 Å². The van der Waals surface area contributed by atoms with Crippen molar-refractivity contribution >= 4 is 21.6 Å². The van der Waals surface area contributed by atoms with Crippen LogP contribution in [-0.4, -0.2) is 22.2 Å². The Morgan fingerprint density at radius 2 is 2.26 bits per heavy atom. The van der Waals surface area contributed by atoms with Crippen LogP contribution in [0.25, 0.3) is 0 Å². The summed E-state index contributed by atoms with van der Waals surface area (Å²) in [6, 6.07) is 5.03. The molecule has 0 aromatic heterocycles. The Kier molecular flexibility index (Phi) is 3.94. The normalized spacial score (nSPS) is 24.8. The Bertz CT molecular complexity index is 505. The average Bonchev–Trinajstić information content (AvgIpc) is 2.35. The number of benzene rings is 1. The number of hydrogen-bond acceptors (Lipinski definition) is 4. The minimum Gasteiger partial charge on any atom is -0.392 e. The van der Waals surface area contributed by atoms with Crippen LogP contribution in [0.1, 0.15) is 25.8 Å². The number of hydrogen-bond donors (Lipinski definition) is 2. The first kappa shape index (κ1) is 14.4. The number of nitro groups is 1. The monoisotopic (exact) mass is 328 g/mol. The molecule has 6 heteroatoms. The van der Waals surface area contributed by atoms with E-state index in [2.05, 4.69) is 21.2 Å². The number of aliphatic hydroxyl groups excluding tert-OH is 1. The number of non-ortho nitro benzene ring substituents is 1. The molecule has 0 bridgehead atoms. The lowest BCUT2D eigenvalue weighted by atomic mass is 9.64. The molecular formula is C13H17BrN2O3. The van der Waals surface area contributed by atoms with Crippen molar-refractivity contribution in [1.82, 2.24) is 5.32 Å². The molecule has 1 aromatic rings. The maximum atomic E-state index is 10.6. The highest BCUT2D eigenvalue weighted by Gasteiger charge is 2.46. The molecule has 104 valence electrons. The zero-order valence-corrected chi connectivity index (χ0v) is 12.5. The predicted octanol–water partition coefficient (Wildman–Crippen LogP) is 2.61. The van der Waals surface area contributed by atoms with Crippen LogP contribution in [0.15, 0.2) is 22.7 Å². The predicted molar refractivity (Wildman–Crippen MR) is 75.8 cm³/mol. The quantitative estimate of drug-likeness (QED) is 0.658. The molecule has 19 heavy (non-hydrogen) atoms. The molecule has 1 aliphatic carbocycles. The Morgan fingerprint density at radius 1 is 1.58 bits per heavy atom. The zero-order valence-electron chi connectivity index (χ0n) is 10.9. The second-order valence-electron chi connectivity index (χ2n) is 5.54. The van der Waals surface area contributed by atoms with Gasteiger partial charge in [0, 0.05) is 34.6 Å². The van der Waals surface area contributed by atoms with Crippen LogP contribution in [0, 0.1) is 15.5 Å². The summed E-state index contributed by atoms with van der Waals surface area (Å²) in [6.07, 6.45) is 0.489. The highest BCUT2D eigenvalue weighted by atomic mass is 79.9. The fourth-order valence-electron chi connectivity index (χ4n) is 2.28. The summed E-state index contributed by atoms with van der Waals surface area (Å²) in [5.41, 5.74) is 0.936. The largest absolute Gasteiger partial charge is 0.392 e. The lowest BCUT2D eigenvalue weighted by Gasteiger charge is -2.49. The summed E-state index contributed by atoms with van der Waals surface area (Å²) in [5, 5.41) is 23.7. The minimum absolute atomic E-state index is 0.0787. The van der Waals surface area contributed by atoms with Gasteiger partial charge >= 0.3 is 0 Å². The lowest BCUT2D eigenvalue weighted by molar-refractivity contribution is -0.384. The van der Waals surface area contributed by atoms with Gasteiger partial charge in [0.1, 0.15) is 0 Å². The van der Waals surface area contributed by atoms with Gasteiger partial charge in [-0.2, -0.15) is 0 Å². The Balaban J connectivity index is 1.99. The Labute approximate surface area is 120 Å². The van der Waals surface area contributed by atoms with Crippen LogP contribution in [-0.2, 0) is 6.54 Å². The van der Waals surface area contributed by atoms with Gasteiger partial charge < -0.3 is 10.4 Å². The summed E-state index contributed by atoms with van der Waals surface area (Å²) in [6.45, 7) is 4.69. The first-order valence-corrected chi connectivity index (χ1v) is 6.96. The number of nitro benzene ring substituents is 1. The van der Waals surface area contributed by atoms with Gasteiger partial charge in [-0.05, 0) is 18.1 Å². The summed E-state index contributed by atoms with van der Waals surface area (Å²) >= 11 is 3.35. The highest BCUT2D eigenvalue weighted by Crippen LogP contribution is 2.40. The van der Waals surface area contributed by atoms with Crippen molar-refractivity contribution < 1.29 is 10.0 Å². The van der Waals surface area contributed by atoms with Crippen molar-refractivity contribution in [1.29, 1.82) is 0 Å². The maximum Gasteiger partial charge on any atom is 0.270 e. The molecule has 5 nitrogen and oxygen atoms in total. The van der Waals surface area contributed by atoms with E-state index < -0.39 is 4.92 Å². The van der Waals surface area contributed by atoms with Gasteiger partial charge in [0.2, 0.25) is 0 Å². The van der Waals surface area contributed by atoms with Gasteiger partial charge in [0.25, 0.3) is 5.69 Å². The van der Waals surface area contributed by atoms with Gasteiger partial charge in [-0.1, -0.05) is 29.8 Å². The minimum atomic E-state index is -0.409. The van der Waals surface area contributed by atoms with E-state index in [4.69, 9.17) is 0 Å². The molecule has 2 unspecified atom stereocenters. The fraction of sp³-hybridized carbons (Fsp3) is 0.538. The van der Waals surface area contributed by atoms with Crippen molar-refractivity contribution in [3.05, 3.63) is 38.3 Å². The van der Waals surface area contributed by atoms with Crippen LogP contribution < -0.4 is 5.32 Å². The summed E-state index contributed by atoms with van der Waals surface area (Å²) < 4.78 is 0.729. The van der Waals surface area contributed by atoms with E-state index in [1.165, 1.54) is 12.1 Å². The number of nitrogens with zero attached hydrogens (tertiary/aromatic N) is 1. The van der Waals surface area contributed by atoms with Crippen molar-refractivity contribution in [2.45, 2.75) is 39.0 Å². The topological polar surface area (TPSA) is 75.4 Å². The molecule has 0 saturated heterocycles. The Hall–Kier alpha value is -0.980. The van der Waals surface area contributed by atoms with Gasteiger partial charge in [0.05, 0.1) is 11.0 Å². The average molecular weight is 329 g/mol. The van der Waals surface area contributed by atoms with Crippen LogP contribution in [0.3, 0.4) is 0 Å². The molecule has 1 fully saturated rings. The van der Waals surface area contributed by atoms with E-state index in [1.54, 1.807) is 6.07 Å². The van der Waals surface area contributed by atoms with Gasteiger partial charge in [-0.15, -0.1) is 0 Å². The third-order valence-corrected chi connectivity index (χ3v) is 4.74. The van der Waals surface area contributed by atoms with Crippen molar-refractivity contribution in [3.8, 4) is 0 Å². The SMILES string of the molecule is CC1(C)C(O)CC1NCc1ccc([N+](=O)[O-])cc1Br. The molecule has 1 aliphatic rings. The summed E-state index contributed by atoms with van der Waals surface area (Å²) in [5.74, 6) is 0. The van der Waals surface area contributed by atoms with E-state index in [1.807, 2.05) is 13.8 Å². The van der Waals surface area contributed by atoms with Gasteiger partial charge in [-0.25, -0.2) is 0 Å². The van der Waals surface area contributed by atoms with E-state index in [-0.39, 0.29) is 23.2 Å². The third kappa shape index (κ3) is 2.80. The molecule has 0 radical (unpaired) electrons. The van der Waals surface area contributed by atoms with Crippen LogP contribution in [0.2, 0.25) is 0 Å². The fourth-order valence-corrected chi connectivity index (χ4v) is 2.78. The second kappa shape index (κ2) is 5.19. The molecule has 0 spiro atoms. The van der Waals surface area contributed by atoms with Crippen LogP contribution >= 0.6 is 15.9 Å². The molecule has 2 atom stereocenters. The molecule has 0 heterocycles. The van der Waals surface area contributed by atoms with Crippen molar-refractivity contribution in [2.24, 2.45) is 5.41 Å². The molecular weight excluding hydrogens is 312 g/mol. The maximum absolute atomic E-state index is 10.6. The van der Waals surface area contributed by atoms with Crippen molar-refractivity contribution in [2.75, 3.05) is 0 Å². The first-order chi connectivity index (χ1) is 8.82. The van der Waals surface area contributed by atoms with Crippen LogP contribution in [0.5, 0.6) is 0 Å². The van der Waals surface area contributed by atoms with Gasteiger partial charge in [0.15, 0.2) is 0 Å². The van der Waals surface area contributed by atoms with Gasteiger partial charge in [-0.3, -0.25) is 10.1 Å². The van der Waals surface area contributed by atoms with E-state index in [0.717, 1.165) is 16.5 Å². The molecule has 2 N–H and O–H groups in total. The summed E-state index contributed by atoms with van der Waals surface area (Å²) in [4.78, 5) is 10.2. The highest BCUT2D eigenvalue weighted by molar-refractivity contribution is 9.10.